The minimum Gasteiger partial charge on any atom is -0.494 e. The average Bonchev–Trinajstić information content (AvgIpc) is 3.17. The minimum absolute atomic E-state index is 0.180. The number of pyridine rings is 1. The molecule has 4 rings (SSSR count). The molecule has 1 amide bonds. The lowest BCUT2D eigenvalue weighted by Crippen LogP contribution is -2.15. The van der Waals surface area contributed by atoms with Crippen LogP contribution >= 0.6 is 0 Å². The Hall–Kier alpha value is -3.41. The second-order valence-electron chi connectivity index (χ2n) is 6.66. The number of anilines is 2. The van der Waals surface area contributed by atoms with Crippen molar-refractivity contribution in [2.75, 3.05) is 24.3 Å². The summed E-state index contributed by atoms with van der Waals surface area (Å²) in [5, 5.41) is 6.14. The Kier molecular flexibility index (Phi) is 4.93. The highest BCUT2D eigenvalue weighted by Crippen LogP contribution is 2.26. The zero-order chi connectivity index (χ0) is 19.5. The summed E-state index contributed by atoms with van der Waals surface area (Å²) >= 11 is 0. The number of nitrogens with one attached hydrogen (secondary N) is 2. The molecular formula is C22H20FN3O2. The van der Waals surface area contributed by atoms with Crippen molar-refractivity contribution in [1.29, 1.82) is 0 Å². The maximum absolute atomic E-state index is 13.9. The number of halogens is 1. The smallest absolute Gasteiger partial charge is 0.257 e. The van der Waals surface area contributed by atoms with Gasteiger partial charge in [0.1, 0.15) is 5.82 Å². The third kappa shape index (κ3) is 3.67. The average molecular weight is 377 g/mol. The summed E-state index contributed by atoms with van der Waals surface area (Å²) in [5.74, 6) is 0.117. The second kappa shape index (κ2) is 7.68. The van der Waals surface area contributed by atoms with Crippen molar-refractivity contribution in [1.82, 2.24) is 4.98 Å². The maximum atomic E-state index is 13.9. The fourth-order valence-electron chi connectivity index (χ4n) is 3.45. The summed E-state index contributed by atoms with van der Waals surface area (Å²) in [7, 11) is 1.44. The highest BCUT2D eigenvalue weighted by atomic mass is 19.1. The predicted molar refractivity (Wildman–Crippen MR) is 107 cm³/mol. The second-order valence-corrected chi connectivity index (χ2v) is 6.66. The monoisotopic (exact) mass is 377 g/mol. The molecule has 0 saturated carbocycles. The van der Waals surface area contributed by atoms with E-state index in [0.29, 0.717) is 17.8 Å². The Morgan fingerprint density at radius 1 is 1.21 bits per heavy atom. The Bertz CT molecular complexity index is 1040. The molecule has 3 aromatic rings. The molecule has 1 aliphatic heterocycles. The van der Waals surface area contributed by atoms with Gasteiger partial charge in [0.05, 0.1) is 7.11 Å². The Morgan fingerprint density at radius 2 is 2.07 bits per heavy atom. The highest BCUT2D eigenvalue weighted by Gasteiger charge is 2.18. The van der Waals surface area contributed by atoms with Crippen LogP contribution in [0.1, 0.15) is 27.0 Å². The molecule has 0 bridgehead atoms. The molecule has 28 heavy (non-hydrogen) atoms. The fraction of sp³-hybridized carbons (Fsp3) is 0.182. The normalized spacial score (nSPS) is 12.2. The zero-order valence-electron chi connectivity index (χ0n) is 15.5. The van der Waals surface area contributed by atoms with Crippen LogP contribution in [0.3, 0.4) is 0 Å². The molecule has 2 aromatic carbocycles. The maximum Gasteiger partial charge on any atom is 0.257 e. The van der Waals surface area contributed by atoms with Crippen molar-refractivity contribution in [2.45, 2.75) is 12.8 Å². The van der Waals surface area contributed by atoms with Gasteiger partial charge in [0.15, 0.2) is 11.6 Å². The zero-order valence-corrected chi connectivity index (χ0v) is 15.5. The van der Waals surface area contributed by atoms with Gasteiger partial charge < -0.3 is 15.4 Å². The number of hydrogen-bond donors (Lipinski definition) is 2. The van der Waals surface area contributed by atoms with E-state index in [1.165, 1.54) is 13.2 Å². The van der Waals surface area contributed by atoms with E-state index in [2.05, 4.69) is 15.6 Å². The van der Waals surface area contributed by atoms with Gasteiger partial charge in [-0.25, -0.2) is 9.37 Å². The van der Waals surface area contributed by atoms with Crippen LogP contribution < -0.4 is 15.4 Å². The SMILES string of the molecule is COc1ccc(Cc2ccnc(NC(=O)c3cccc4c3CCN4)c2)cc1F. The number of ether oxygens (including phenoxy) is 1. The number of amides is 1. The number of hydrogen-bond acceptors (Lipinski definition) is 4. The number of aromatic nitrogens is 1. The molecule has 1 aromatic heterocycles. The van der Waals surface area contributed by atoms with Crippen molar-refractivity contribution in [3.05, 3.63) is 82.8 Å². The van der Waals surface area contributed by atoms with E-state index in [1.54, 1.807) is 18.3 Å². The molecule has 0 unspecified atom stereocenters. The molecule has 6 heteroatoms. The fourth-order valence-corrected chi connectivity index (χ4v) is 3.45. The Morgan fingerprint density at radius 3 is 2.89 bits per heavy atom. The first kappa shape index (κ1) is 18.0. The molecule has 0 saturated heterocycles. The van der Waals surface area contributed by atoms with E-state index in [0.717, 1.165) is 35.3 Å². The van der Waals surface area contributed by atoms with Gasteiger partial charge in [0, 0.05) is 24.0 Å². The van der Waals surface area contributed by atoms with Gasteiger partial charge >= 0.3 is 0 Å². The number of benzene rings is 2. The number of carbonyl (C=O) groups excluding carboxylic acids is 1. The standard InChI is InChI=1S/C22H20FN3O2/c1-28-20-6-5-14(12-18(20)23)11-15-7-9-25-21(13-15)26-22(27)17-3-2-4-19-16(17)8-10-24-19/h2-7,9,12-13,24H,8,10-11H2,1H3,(H,25,26,27). The summed E-state index contributed by atoms with van der Waals surface area (Å²) < 4.78 is 18.9. The van der Waals surface area contributed by atoms with E-state index in [-0.39, 0.29) is 11.7 Å². The molecule has 1 aliphatic rings. The highest BCUT2D eigenvalue weighted by molar-refractivity contribution is 6.06. The molecule has 5 nitrogen and oxygen atoms in total. The Balaban J connectivity index is 1.51. The van der Waals surface area contributed by atoms with Crippen molar-refractivity contribution in [3.63, 3.8) is 0 Å². The summed E-state index contributed by atoms with van der Waals surface area (Å²) in [4.78, 5) is 17.0. The van der Waals surface area contributed by atoms with Gasteiger partial charge in [0.25, 0.3) is 5.91 Å². The molecular weight excluding hydrogens is 357 g/mol. The molecule has 0 atom stereocenters. The molecule has 142 valence electrons. The largest absolute Gasteiger partial charge is 0.494 e. The summed E-state index contributed by atoms with van der Waals surface area (Å²) in [6, 6.07) is 14.2. The number of nitrogens with zero attached hydrogens (tertiary/aromatic N) is 1. The van der Waals surface area contributed by atoms with Crippen molar-refractivity contribution in [3.8, 4) is 5.75 Å². The molecule has 0 radical (unpaired) electrons. The number of carbonyl (C=O) groups is 1. The summed E-state index contributed by atoms with van der Waals surface area (Å²) in [6.45, 7) is 0.839. The van der Waals surface area contributed by atoms with Crippen LogP contribution in [-0.2, 0) is 12.8 Å². The quantitative estimate of drug-likeness (QED) is 0.704. The van der Waals surface area contributed by atoms with Crippen LogP contribution in [0.5, 0.6) is 5.75 Å². The lowest BCUT2D eigenvalue weighted by atomic mass is 10.0. The van der Waals surface area contributed by atoms with Gasteiger partial charge in [0.2, 0.25) is 0 Å². The first-order valence-electron chi connectivity index (χ1n) is 9.08. The van der Waals surface area contributed by atoms with Gasteiger partial charge in [-0.2, -0.15) is 0 Å². The first-order valence-corrected chi connectivity index (χ1v) is 9.08. The van der Waals surface area contributed by atoms with Crippen LogP contribution in [-0.4, -0.2) is 24.5 Å². The minimum atomic E-state index is -0.394. The van der Waals surface area contributed by atoms with Crippen LogP contribution in [0.15, 0.2) is 54.7 Å². The van der Waals surface area contributed by atoms with Crippen LogP contribution in [0.2, 0.25) is 0 Å². The lowest BCUT2D eigenvalue weighted by Gasteiger charge is -2.10. The van der Waals surface area contributed by atoms with Gasteiger partial charge in [-0.1, -0.05) is 12.1 Å². The number of fused-ring (bicyclic) bond motifs is 1. The number of rotatable bonds is 5. The van der Waals surface area contributed by atoms with Gasteiger partial charge in [-0.3, -0.25) is 4.79 Å². The summed E-state index contributed by atoms with van der Waals surface area (Å²) in [6.07, 6.45) is 2.99. The molecule has 0 aliphatic carbocycles. The van der Waals surface area contributed by atoms with Gasteiger partial charge in [-0.15, -0.1) is 0 Å². The van der Waals surface area contributed by atoms with Crippen molar-refractivity contribution >= 4 is 17.4 Å². The van der Waals surface area contributed by atoms with E-state index in [9.17, 15) is 9.18 Å². The van der Waals surface area contributed by atoms with Crippen LogP contribution in [0, 0.1) is 5.82 Å². The van der Waals surface area contributed by atoms with Crippen LogP contribution in [0.4, 0.5) is 15.9 Å². The van der Waals surface area contributed by atoms with E-state index in [1.807, 2.05) is 30.3 Å². The van der Waals surface area contributed by atoms with Crippen molar-refractivity contribution < 1.29 is 13.9 Å². The lowest BCUT2D eigenvalue weighted by molar-refractivity contribution is 0.102. The van der Waals surface area contributed by atoms with E-state index < -0.39 is 5.82 Å². The van der Waals surface area contributed by atoms with Crippen molar-refractivity contribution in [2.24, 2.45) is 0 Å². The molecule has 2 heterocycles. The van der Waals surface area contributed by atoms with E-state index >= 15 is 0 Å². The number of methoxy groups -OCH3 is 1. The third-order valence-electron chi connectivity index (χ3n) is 4.80. The van der Waals surface area contributed by atoms with Crippen LogP contribution in [0.25, 0.3) is 0 Å². The summed E-state index contributed by atoms with van der Waals surface area (Å²) in [5.41, 5.74) is 4.44. The molecule has 0 fully saturated rings. The third-order valence-corrected chi connectivity index (χ3v) is 4.80. The Labute approximate surface area is 162 Å². The molecule has 2 N–H and O–H groups in total. The first-order chi connectivity index (χ1) is 13.6. The van der Waals surface area contributed by atoms with E-state index in [4.69, 9.17) is 4.74 Å². The van der Waals surface area contributed by atoms with Gasteiger partial charge in [-0.05, 0) is 65.9 Å². The molecule has 0 spiro atoms. The topological polar surface area (TPSA) is 63.2 Å². The predicted octanol–water partition coefficient (Wildman–Crippen LogP) is 4.04.